The monoisotopic (exact) mass is 245 g/mol. The Bertz CT molecular complexity index is 539. The molecule has 0 saturated carbocycles. The Labute approximate surface area is 105 Å². The van der Waals surface area contributed by atoms with Crippen LogP contribution in [0, 0.1) is 0 Å². The van der Waals surface area contributed by atoms with Crippen molar-refractivity contribution in [2.24, 2.45) is 0 Å². The summed E-state index contributed by atoms with van der Waals surface area (Å²) in [5.74, 6) is 1.23. The van der Waals surface area contributed by atoms with Gasteiger partial charge in [0.25, 0.3) is 0 Å². The van der Waals surface area contributed by atoms with Gasteiger partial charge in [0.15, 0.2) is 5.82 Å². The van der Waals surface area contributed by atoms with Crippen molar-refractivity contribution in [3.8, 4) is 0 Å². The van der Waals surface area contributed by atoms with Crippen molar-refractivity contribution in [2.45, 2.75) is 25.6 Å². The predicted molar refractivity (Wildman–Crippen MR) is 64.7 cm³/mol. The minimum absolute atomic E-state index is 0.0954. The normalized spacial score (nSPS) is 18.6. The second-order valence-corrected chi connectivity index (χ2v) is 4.39. The van der Waals surface area contributed by atoms with Crippen molar-refractivity contribution in [1.29, 1.82) is 0 Å². The third-order valence-corrected chi connectivity index (χ3v) is 3.14. The van der Waals surface area contributed by atoms with Gasteiger partial charge in [-0.1, -0.05) is 29.4 Å². The van der Waals surface area contributed by atoms with Crippen LogP contribution in [0.5, 0.6) is 0 Å². The molecule has 18 heavy (non-hydrogen) atoms. The molecule has 0 aliphatic carbocycles. The fourth-order valence-corrected chi connectivity index (χ4v) is 2.23. The number of ether oxygens (including phenoxy) is 1. The zero-order valence-corrected chi connectivity index (χ0v) is 10.2. The first-order chi connectivity index (χ1) is 8.86. The Balaban J connectivity index is 1.78. The lowest BCUT2D eigenvalue weighted by Crippen LogP contribution is -2.28. The van der Waals surface area contributed by atoms with Crippen LogP contribution < -0.4 is 5.32 Å². The SMILES string of the molecule is COCc1noc([C@H]2Cc3ccccc3CN2)n1. The Hall–Kier alpha value is -1.72. The number of fused-ring (bicyclic) bond motifs is 1. The van der Waals surface area contributed by atoms with Gasteiger partial charge in [-0.05, 0) is 17.5 Å². The summed E-state index contributed by atoms with van der Waals surface area (Å²) in [6.45, 7) is 1.22. The van der Waals surface area contributed by atoms with Crippen LogP contribution in [-0.4, -0.2) is 17.3 Å². The summed E-state index contributed by atoms with van der Waals surface area (Å²) < 4.78 is 10.2. The van der Waals surface area contributed by atoms with Gasteiger partial charge < -0.3 is 14.6 Å². The molecule has 1 N–H and O–H groups in total. The van der Waals surface area contributed by atoms with E-state index in [1.807, 2.05) is 0 Å². The molecular formula is C13H15N3O2. The number of benzene rings is 1. The molecule has 1 aliphatic rings. The van der Waals surface area contributed by atoms with E-state index in [1.54, 1.807) is 7.11 Å². The first kappa shape index (κ1) is 11.4. The number of rotatable bonds is 3. The molecule has 1 atom stereocenters. The van der Waals surface area contributed by atoms with E-state index in [-0.39, 0.29) is 6.04 Å². The summed E-state index contributed by atoms with van der Waals surface area (Å²) in [5.41, 5.74) is 2.68. The molecule has 5 heteroatoms. The summed E-state index contributed by atoms with van der Waals surface area (Å²) in [4.78, 5) is 4.33. The predicted octanol–water partition coefficient (Wildman–Crippen LogP) is 1.60. The quantitative estimate of drug-likeness (QED) is 0.890. The summed E-state index contributed by atoms with van der Waals surface area (Å²) in [6.07, 6.45) is 0.880. The van der Waals surface area contributed by atoms with E-state index in [2.05, 4.69) is 39.7 Å². The van der Waals surface area contributed by atoms with E-state index >= 15 is 0 Å². The molecule has 0 spiro atoms. The number of nitrogens with zero attached hydrogens (tertiary/aromatic N) is 2. The van der Waals surface area contributed by atoms with Gasteiger partial charge in [-0.15, -0.1) is 0 Å². The molecule has 0 unspecified atom stereocenters. The second-order valence-electron chi connectivity index (χ2n) is 4.39. The van der Waals surface area contributed by atoms with Gasteiger partial charge in [0, 0.05) is 13.7 Å². The van der Waals surface area contributed by atoms with Crippen LogP contribution in [0.1, 0.15) is 28.9 Å². The highest BCUT2D eigenvalue weighted by Gasteiger charge is 2.23. The van der Waals surface area contributed by atoms with E-state index < -0.39 is 0 Å². The first-order valence-electron chi connectivity index (χ1n) is 5.98. The van der Waals surface area contributed by atoms with Gasteiger partial charge in [-0.3, -0.25) is 0 Å². The van der Waals surface area contributed by atoms with Crippen LogP contribution in [0.4, 0.5) is 0 Å². The van der Waals surface area contributed by atoms with Crippen LogP contribution in [0.3, 0.4) is 0 Å². The molecule has 1 aromatic heterocycles. The maximum absolute atomic E-state index is 5.27. The summed E-state index contributed by atoms with van der Waals surface area (Å²) in [5, 5.41) is 7.30. The summed E-state index contributed by atoms with van der Waals surface area (Å²) >= 11 is 0. The first-order valence-corrected chi connectivity index (χ1v) is 5.98. The van der Waals surface area contributed by atoms with Crippen LogP contribution >= 0.6 is 0 Å². The lowest BCUT2D eigenvalue weighted by molar-refractivity contribution is 0.174. The standard InChI is InChI=1S/C13H15N3O2/c1-17-8-12-15-13(18-16-12)11-6-9-4-2-3-5-10(9)7-14-11/h2-5,11,14H,6-8H2,1H3/t11-/m1/s1. The number of hydrogen-bond acceptors (Lipinski definition) is 5. The Morgan fingerprint density at radius 1 is 1.39 bits per heavy atom. The highest BCUT2D eigenvalue weighted by molar-refractivity contribution is 5.30. The van der Waals surface area contributed by atoms with Crippen molar-refractivity contribution < 1.29 is 9.26 Å². The van der Waals surface area contributed by atoms with Crippen molar-refractivity contribution in [3.63, 3.8) is 0 Å². The van der Waals surface area contributed by atoms with Crippen LogP contribution in [0.25, 0.3) is 0 Å². The molecule has 94 valence electrons. The zero-order chi connectivity index (χ0) is 12.4. The fourth-order valence-electron chi connectivity index (χ4n) is 2.23. The maximum atomic E-state index is 5.27. The van der Waals surface area contributed by atoms with Crippen LogP contribution in [-0.2, 0) is 24.3 Å². The van der Waals surface area contributed by atoms with E-state index in [4.69, 9.17) is 9.26 Å². The molecule has 1 aromatic carbocycles. The molecule has 3 rings (SSSR count). The molecule has 0 fully saturated rings. The fraction of sp³-hybridized carbons (Fsp3) is 0.385. The van der Waals surface area contributed by atoms with Crippen LogP contribution in [0.2, 0.25) is 0 Å². The van der Waals surface area contributed by atoms with Crippen molar-refractivity contribution >= 4 is 0 Å². The molecule has 5 nitrogen and oxygen atoms in total. The molecule has 0 saturated heterocycles. The van der Waals surface area contributed by atoms with E-state index in [9.17, 15) is 0 Å². The zero-order valence-electron chi connectivity index (χ0n) is 10.2. The van der Waals surface area contributed by atoms with Crippen LogP contribution in [0.15, 0.2) is 28.8 Å². The second kappa shape index (κ2) is 4.88. The van der Waals surface area contributed by atoms with Crippen molar-refractivity contribution in [2.75, 3.05) is 7.11 Å². The lowest BCUT2D eigenvalue weighted by atomic mass is 9.96. The maximum Gasteiger partial charge on any atom is 0.244 e. The van der Waals surface area contributed by atoms with Gasteiger partial charge in [0.1, 0.15) is 6.61 Å². The lowest BCUT2D eigenvalue weighted by Gasteiger charge is -2.23. The summed E-state index contributed by atoms with van der Waals surface area (Å²) in [6, 6.07) is 8.51. The van der Waals surface area contributed by atoms with Gasteiger partial charge in [0.05, 0.1) is 6.04 Å². The molecule has 2 aromatic rings. The average Bonchev–Trinajstić information content (AvgIpc) is 2.87. The molecule has 0 radical (unpaired) electrons. The third-order valence-electron chi connectivity index (χ3n) is 3.14. The minimum Gasteiger partial charge on any atom is -0.377 e. The number of methoxy groups -OCH3 is 1. The number of nitrogens with one attached hydrogen (secondary N) is 1. The largest absolute Gasteiger partial charge is 0.377 e. The van der Waals surface area contributed by atoms with Crippen molar-refractivity contribution in [3.05, 3.63) is 47.1 Å². The topological polar surface area (TPSA) is 60.2 Å². The molecule has 1 aliphatic heterocycles. The third kappa shape index (κ3) is 2.14. The van der Waals surface area contributed by atoms with Gasteiger partial charge >= 0.3 is 0 Å². The minimum atomic E-state index is 0.0954. The van der Waals surface area contributed by atoms with Gasteiger partial charge in [0.2, 0.25) is 5.89 Å². The Morgan fingerprint density at radius 3 is 3.06 bits per heavy atom. The molecule has 2 heterocycles. The van der Waals surface area contributed by atoms with E-state index in [0.29, 0.717) is 18.3 Å². The Kier molecular flexibility index (Phi) is 3.08. The van der Waals surface area contributed by atoms with Crippen molar-refractivity contribution in [1.82, 2.24) is 15.5 Å². The Morgan fingerprint density at radius 2 is 2.22 bits per heavy atom. The van der Waals surface area contributed by atoms with Gasteiger partial charge in [-0.25, -0.2) is 0 Å². The highest BCUT2D eigenvalue weighted by atomic mass is 16.5. The van der Waals surface area contributed by atoms with E-state index in [1.165, 1.54) is 11.1 Å². The van der Waals surface area contributed by atoms with E-state index in [0.717, 1.165) is 13.0 Å². The van der Waals surface area contributed by atoms with Gasteiger partial charge in [-0.2, -0.15) is 4.98 Å². The number of hydrogen-bond donors (Lipinski definition) is 1. The molecule has 0 amide bonds. The number of aromatic nitrogens is 2. The molecule has 0 bridgehead atoms. The highest BCUT2D eigenvalue weighted by Crippen LogP contribution is 2.24. The summed E-state index contributed by atoms with van der Waals surface area (Å²) in [7, 11) is 1.62. The smallest absolute Gasteiger partial charge is 0.244 e. The molecular weight excluding hydrogens is 230 g/mol. The average molecular weight is 245 g/mol.